The van der Waals surface area contributed by atoms with Crippen molar-refractivity contribution in [2.45, 2.75) is 26.3 Å². The summed E-state index contributed by atoms with van der Waals surface area (Å²) in [5, 5.41) is 3.18. The van der Waals surface area contributed by atoms with Gasteiger partial charge in [0.15, 0.2) is 11.6 Å². The summed E-state index contributed by atoms with van der Waals surface area (Å²) in [4.78, 5) is 0. The summed E-state index contributed by atoms with van der Waals surface area (Å²) in [7, 11) is 0. The van der Waals surface area contributed by atoms with Crippen molar-refractivity contribution in [3.63, 3.8) is 0 Å². The molecule has 1 unspecified atom stereocenters. The zero-order valence-corrected chi connectivity index (χ0v) is 12.1. The van der Waals surface area contributed by atoms with Gasteiger partial charge in [-0.15, -0.1) is 0 Å². The topological polar surface area (TPSA) is 12.0 Å². The number of hydrogen-bond donors (Lipinski definition) is 1. The Balaban J connectivity index is 2.45. The predicted molar refractivity (Wildman–Crippen MR) is 77.6 cm³/mol. The Morgan fingerprint density at radius 1 is 0.952 bits per heavy atom. The summed E-state index contributed by atoms with van der Waals surface area (Å²) in [6, 6.07) is 8.43. The molecule has 0 saturated carbocycles. The van der Waals surface area contributed by atoms with E-state index in [4.69, 9.17) is 0 Å². The molecule has 0 amide bonds. The molecule has 0 fully saturated rings. The standard InChI is InChI=1S/C17H18F3N/c1-3-10-21-17(12-5-7-13(18)8-6-12)14-9-4-11(2)15(19)16(14)20/h4-9,17,21H,3,10H2,1-2H3. The minimum absolute atomic E-state index is 0.234. The van der Waals surface area contributed by atoms with Gasteiger partial charge < -0.3 is 5.32 Å². The molecule has 0 radical (unpaired) electrons. The van der Waals surface area contributed by atoms with Crippen LogP contribution >= 0.6 is 0 Å². The van der Waals surface area contributed by atoms with E-state index >= 15 is 0 Å². The van der Waals surface area contributed by atoms with E-state index in [0.717, 1.165) is 6.42 Å². The number of aryl methyl sites for hydroxylation is 1. The van der Waals surface area contributed by atoms with Crippen molar-refractivity contribution in [1.29, 1.82) is 0 Å². The van der Waals surface area contributed by atoms with Gasteiger partial charge in [-0.1, -0.05) is 31.2 Å². The van der Waals surface area contributed by atoms with Gasteiger partial charge in [0.05, 0.1) is 6.04 Å². The fourth-order valence-corrected chi connectivity index (χ4v) is 2.24. The minimum Gasteiger partial charge on any atom is -0.306 e. The number of benzene rings is 2. The molecular weight excluding hydrogens is 275 g/mol. The minimum atomic E-state index is -0.854. The number of halogens is 3. The molecule has 0 aliphatic heterocycles. The average Bonchev–Trinajstić information content (AvgIpc) is 2.48. The van der Waals surface area contributed by atoms with Crippen LogP contribution in [0.25, 0.3) is 0 Å². The molecule has 0 aliphatic carbocycles. The summed E-state index contributed by atoms with van der Waals surface area (Å²) >= 11 is 0. The Labute approximate surface area is 122 Å². The lowest BCUT2D eigenvalue weighted by atomic mass is 9.96. The van der Waals surface area contributed by atoms with Gasteiger partial charge in [0.25, 0.3) is 0 Å². The maximum Gasteiger partial charge on any atom is 0.164 e. The van der Waals surface area contributed by atoms with Crippen LogP contribution in [0.4, 0.5) is 13.2 Å². The second kappa shape index (κ2) is 6.76. The van der Waals surface area contributed by atoms with Crippen molar-refractivity contribution in [2.24, 2.45) is 0 Å². The second-order valence-corrected chi connectivity index (χ2v) is 5.04. The first-order chi connectivity index (χ1) is 10.0. The molecule has 0 bridgehead atoms. The predicted octanol–water partition coefficient (Wildman–Crippen LogP) is 4.50. The van der Waals surface area contributed by atoms with Gasteiger partial charge in [0.1, 0.15) is 5.82 Å². The molecule has 0 spiro atoms. The van der Waals surface area contributed by atoms with E-state index in [0.29, 0.717) is 12.1 Å². The van der Waals surface area contributed by atoms with Crippen molar-refractivity contribution in [3.8, 4) is 0 Å². The van der Waals surface area contributed by atoms with Gasteiger partial charge >= 0.3 is 0 Å². The van der Waals surface area contributed by atoms with Crippen molar-refractivity contribution in [3.05, 3.63) is 70.5 Å². The third-order valence-corrected chi connectivity index (χ3v) is 3.42. The van der Waals surface area contributed by atoms with Gasteiger partial charge in [-0.25, -0.2) is 13.2 Å². The Kier molecular flexibility index (Phi) is 5.02. The van der Waals surface area contributed by atoms with Gasteiger partial charge in [0.2, 0.25) is 0 Å². The first kappa shape index (κ1) is 15.6. The third kappa shape index (κ3) is 3.45. The molecule has 112 valence electrons. The van der Waals surface area contributed by atoms with Crippen LogP contribution in [0.3, 0.4) is 0 Å². The summed E-state index contributed by atoms with van der Waals surface area (Å²) in [6.07, 6.45) is 0.855. The second-order valence-electron chi connectivity index (χ2n) is 5.04. The average molecular weight is 293 g/mol. The summed E-state index contributed by atoms with van der Waals surface area (Å²) in [6.45, 7) is 4.16. The number of rotatable bonds is 5. The largest absolute Gasteiger partial charge is 0.306 e. The summed E-state index contributed by atoms with van der Waals surface area (Å²) in [5.74, 6) is -2.05. The van der Waals surface area contributed by atoms with Crippen LogP contribution in [-0.4, -0.2) is 6.54 Å². The quantitative estimate of drug-likeness (QED) is 0.855. The fraction of sp³-hybridized carbons (Fsp3) is 0.294. The van der Waals surface area contributed by atoms with E-state index in [1.54, 1.807) is 24.3 Å². The van der Waals surface area contributed by atoms with Crippen LogP contribution in [0.2, 0.25) is 0 Å². The van der Waals surface area contributed by atoms with Gasteiger partial charge in [-0.05, 0) is 43.1 Å². The Bertz CT molecular complexity index is 608. The zero-order chi connectivity index (χ0) is 15.4. The summed E-state index contributed by atoms with van der Waals surface area (Å²) in [5.41, 5.74) is 1.20. The van der Waals surface area contributed by atoms with Crippen molar-refractivity contribution in [1.82, 2.24) is 5.32 Å². The van der Waals surface area contributed by atoms with Crippen LogP contribution < -0.4 is 5.32 Å². The van der Waals surface area contributed by atoms with E-state index in [2.05, 4.69) is 5.32 Å². The van der Waals surface area contributed by atoms with Crippen LogP contribution in [0.1, 0.15) is 36.1 Å². The molecule has 2 aromatic carbocycles. The van der Waals surface area contributed by atoms with Crippen LogP contribution in [0.5, 0.6) is 0 Å². The molecule has 4 heteroatoms. The molecular formula is C17H18F3N. The maximum absolute atomic E-state index is 14.2. The van der Waals surface area contributed by atoms with Gasteiger partial charge in [-0.2, -0.15) is 0 Å². The lowest BCUT2D eigenvalue weighted by molar-refractivity contribution is 0.476. The molecule has 0 saturated heterocycles. The number of nitrogens with one attached hydrogen (secondary N) is 1. The molecule has 2 aromatic rings. The van der Waals surface area contributed by atoms with E-state index in [1.165, 1.54) is 19.1 Å². The highest BCUT2D eigenvalue weighted by atomic mass is 19.2. The van der Waals surface area contributed by atoms with Gasteiger partial charge in [-0.3, -0.25) is 0 Å². The fourth-order valence-electron chi connectivity index (χ4n) is 2.24. The highest BCUT2D eigenvalue weighted by Crippen LogP contribution is 2.27. The number of hydrogen-bond acceptors (Lipinski definition) is 1. The van der Waals surface area contributed by atoms with Crippen molar-refractivity contribution in [2.75, 3.05) is 6.54 Å². The Morgan fingerprint density at radius 3 is 2.24 bits per heavy atom. The van der Waals surface area contributed by atoms with Crippen LogP contribution in [-0.2, 0) is 0 Å². The van der Waals surface area contributed by atoms with E-state index in [1.807, 2.05) is 6.92 Å². The third-order valence-electron chi connectivity index (χ3n) is 3.42. The smallest absolute Gasteiger partial charge is 0.164 e. The van der Waals surface area contributed by atoms with Gasteiger partial charge in [0, 0.05) is 5.56 Å². The van der Waals surface area contributed by atoms with E-state index in [9.17, 15) is 13.2 Å². The molecule has 1 atom stereocenters. The van der Waals surface area contributed by atoms with E-state index in [-0.39, 0.29) is 16.9 Å². The summed E-state index contributed by atoms with van der Waals surface area (Å²) < 4.78 is 41.1. The molecule has 0 aliphatic rings. The van der Waals surface area contributed by atoms with E-state index < -0.39 is 17.7 Å². The van der Waals surface area contributed by atoms with Crippen molar-refractivity contribution < 1.29 is 13.2 Å². The highest BCUT2D eigenvalue weighted by Gasteiger charge is 2.20. The molecule has 2 rings (SSSR count). The lowest BCUT2D eigenvalue weighted by Crippen LogP contribution is -2.24. The molecule has 21 heavy (non-hydrogen) atoms. The Hall–Kier alpha value is -1.81. The SMILES string of the molecule is CCCNC(c1ccc(F)cc1)c1ccc(C)c(F)c1F. The van der Waals surface area contributed by atoms with Crippen molar-refractivity contribution >= 4 is 0 Å². The first-order valence-corrected chi connectivity index (χ1v) is 6.98. The molecule has 1 nitrogen and oxygen atoms in total. The molecule has 1 N–H and O–H groups in total. The molecule has 0 aromatic heterocycles. The van der Waals surface area contributed by atoms with Crippen LogP contribution in [0, 0.1) is 24.4 Å². The maximum atomic E-state index is 14.2. The molecule has 0 heterocycles. The van der Waals surface area contributed by atoms with Crippen LogP contribution in [0.15, 0.2) is 36.4 Å². The first-order valence-electron chi connectivity index (χ1n) is 6.98. The monoisotopic (exact) mass is 293 g/mol. The highest BCUT2D eigenvalue weighted by molar-refractivity contribution is 5.35. The normalized spacial score (nSPS) is 12.4. The lowest BCUT2D eigenvalue weighted by Gasteiger charge is -2.21. The Morgan fingerprint density at radius 2 is 1.62 bits per heavy atom. The zero-order valence-electron chi connectivity index (χ0n) is 12.1.